The molecule has 0 saturated heterocycles. The average Bonchev–Trinajstić information content (AvgIpc) is 3.19. The lowest BCUT2D eigenvalue weighted by atomic mass is 9.39. The van der Waals surface area contributed by atoms with Crippen LogP contribution in [0.1, 0.15) is 30.8 Å². The van der Waals surface area contributed by atoms with Gasteiger partial charge in [-0.2, -0.15) is 5.26 Å². The second kappa shape index (κ2) is 7.46. The molecule has 0 atom stereocenters. The maximum Gasteiger partial charge on any atom is 0.420 e. The smallest absolute Gasteiger partial charge is 0.420 e. The fourth-order valence-electron chi connectivity index (χ4n) is 4.27. The number of benzene rings is 1. The van der Waals surface area contributed by atoms with Crippen LogP contribution in [-0.4, -0.2) is 33.2 Å². The molecule has 1 N–H and O–H groups in total. The number of nitrogens with zero attached hydrogens (tertiary/aromatic N) is 4. The van der Waals surface area contributed by atoms with Crippen LogP contribution in [0.2, 0.25) is 5.02 Å². The van der Waals surface area contributed by atoms with Crippen LogP contribution in [0.3, 0.4) is 0 Å². The monoisotopic (exact) mass is 455 g/mol. The summed E-state index contributed by atoms with van der Waals surface area (Å²) in [5.74, 6) is 0.159. The van der Waals surface area contributed by atoms with E-state index in [4.69, 9.17) is 30.8 Å². The zero-order valence-corrected chi connectivity index (χ0v) is 17.2. The molecule has 2 bridgehead atoms. The Morgan fingerprint density at radius 1 is 1.25 bits per heavy atom. The summed E-state index contributed by atoms with van der Waals surface area (Å²) >= 11 is 5.63. The van der Waals surface area contributed by atoms with Crippen LogP contribution < -0.4 is 14.8 Å². The number of carbonyl (C=O) groups excluding carboxylic acids is 1. The molecular weight excluding hydrogens is 441 g/mol. The van der Waals surface area contributed by atoms with E-state index in [1.54, 1.807) is 6.07 Å². The molecule has 32 heavy (non-hydrogen) atoms. The molecule has 0 aliphatic heterocycles. The van der Waals surface area contributed by atoms with Gasteiger partial charge in [-0.05, 0) is 43.5 Å². The molecule has 3 fully saturated rings. The number of aromatic nitrogens is 3. The maximum atomic E-state index is 13.4. The number of hydrogen-bond acceptors (Lipinski definition) is 8. The molecule has 1 aromatic carbocycles. The number of ether oxygens (including phenoxy) is 2. The SMILES string of the molecule is N#Cc1ccc(Oc2nnc(C34CC(NC(=O)COc5ccc(Cl)c(F)c5)(C3)C4)o2)cn1. The Morgan fingerprint density at radius 3 is 2.72 bits per heavy atom. The van der Waals surface area contributed by atoms with Gasteiger partial charge in [-0.15, -0.1) is 5.10 Å². The van der Waals surface area contributed by atoms with Crippen LogP contribution in [0, 0.1) is 17.1 Å². The highest BCUT2D eigenvalue weighted by Crippen LogP contribution is 2.67. The van der Waals surface area contributed by atoms with Crippen LogP contribution in [0.4, 0.5) is 4.39 Å². The lowest BCUT2D eigenvalue weighted by molar-refractivity contribution is -0.143. The predicted octanol–water partition coefficient (Wildman–Crippen LogP) is 3.29. The molecule has 0 radical (unpaired) electrons. The summed E-state index contributed by atoms with van der Waals surface area (Å²) in [6, 6.07) is 9.03. The van der Waals surface area contributed by atoms with E-state index in [2.05, 4.69) is 20.5 Å². The molecule has 3 aliphatic rings. The zero-order chi connectivity index (χ0) is 22.3. The number of pyridine rings is 1. The Labute approximate surface area is 186 Å². The minimum absolute atomic E-state index is 0.0101. The number of nitriles is 1. The minimum Gasteiger partial charge on any atom is -0.484 e. The molecule has 1 amide bonds. The van der Waals surface area contributed by atoms with E-state index in [1.807, 2.05) is 6.07 Å². The molecule has 6 rings (SSSR count). The highest BCUT2D eigenvalue weighted by molar-refractivity contribution is 6.30. The zero-order valence-electron chi connectivity index (χ0n) is 16.5. The lowest BCUT2D eigenvalue weighted by Gasteiger charge is -2.68. The third-order valence-electron chi connectivity index (χ3n) is 5.61. The molecule has 11 heteroatoms. The first-order chi connectivity index (χ1) is 15.4. The van der Waals surface area contributed by atoms with Gasteiger partial charge in [-0.3, -0.25) is 4.79 Å². The molecule has 3 aliphatic carbocycles. The Kier molecular flexibility index (Phi) is 4.71. The second-order valence-corrected chi connectivity index (χ2v) is 8.38. The summed E-state index contributed by atoms with van der Waals surface area (Å²) in [6.45, 7) is -0.229. The fourth-order valence-corrected chi connectivity index (χ4v) is 4.39. The number of carbonyl (C=O) groups is 1. The standard InChI is InChI=1S/C21H15ClFN5O4/c22-15-4-3-13(5-16(15)23)30-8-17(29)26-21-9-20(10-21,11-21)18-27-28-19(32-18)31-14-2-1-12(6-24)25-7-14/h1-5,7H,8-11H2,(H,26,29). The topological polar surface area (TPSA) is 123 Å². The summed E-state index contributed by atoms with van der Waals surface area (Å²) in [5, 5.41) is 19.7. The number of rotatable bonds is 7. The van der Waals surface area contributed by atoms with Crippen molar-refractivity contribution >= 4 is 17.5 Å². The van der Waals surface area contributed by atoms with Gasteiger partial charge in [0.15, 0.2) is 12.4 Å². The van der Waals surface area contributed by atoms with Gasteiger partial charge in [-0.25, -0.2) is 9.37 Å². The molecule has 162 valence electrons. The highest BCUT2D eigenvalue weighted by Gasteiger charge is 2.71. The summed E-state index contributed by atoms with van der Waals surface area (Å²) in [4.78, 5) is 16.2. The Morgan fingerprint density at radius 2 is 2.03 bits per heavy atom. The summed E-state index contributed by atoms with van der Waals surface area (Å²) < 4.78 is 29.9. The van der Waals surface area contributed by atoms with Crippen LogP contribution in [0.15, 0.2) is 40.9 Å². The van der Waals surface area contributed by atoms with E-state index in [1.165, 1.54) is 24.4 Å². The van der Waals surface area contributed by atoms with Crippen molar-refractivity contribution in [3.05, 3.63) is 59.0 Å². The van der Waals surface area contributed by atoms with Crippen molar-refractivity contribution < 1.29 is 23.1 Å². The Bertz CT molecular complexity index is 1220. The van der Waals surface area contributed by atoms with Crippen LogP contribution in [-0.2, 0) is 10.2 Å². The van der Waals surface area contributed by atoms with E-state index in [0.29, 0.717) is 30.9 Å². The van der Waals surface area contributed by atoms with Crippen molar-refractivity contribution in [2.45, 2.75) is 30.2 Å². The van der Waals surface area contributed by atoms with Gasteiger partial charge in [-0.1, -0.05) is 16.7 Å². The first-order valence-corrected chi connectivity index (χ1v) is 10.0. The van der Waals surface area contributed by atoms with Crippen molar-refractivity contribution in [3.8, 4) is 23.6 Å². The van der Waals surface area contributed by atoms with Crippen LogP contribution in [0.25, 0.3) is 0 Å². The van der Waals surface area contributed by atoms with Gasteiger partial charge >= 0.3 is 6.08 Å². The predicted molar refractivity (Wildman–Crippen MR) is 107 cm³/mol. The number of nitrogens with one attached hydrogen (secondary N) is 1. The molecule has 0 spiro atoms. The van der Waals surface area contributed by atoms with Gasteiger partial charge in [0.2, 0.25) is 5.89 Å². The molecule has 2 heterocycles. The molecule has 9 nitrogen and oxygen atoms in total. The van der Waals surface area contributed by atoms with Crippen molar-refractivity contribution in [1.82, 2.24) is 20.5 Å². The maximum absolute atomic E-state index is 13.4. The van der Waals surface area contributed by atoms with Crippen molar-refractivity contribution in [2.24, 2.45) is 0 Å². The molecule has 3 saturated carbocycles. The van der Waals surface area contributed by atoms with Crippen molar-refractivity contribution in [1.29, 1.82) is 5.26 Å². The summed E-state index contributed by atoms with van der Waals surface area (Å²) in [6.07, 6.45) is 3.39. The van der Waals surface area contributed by atoms with E-state index in [-0.39, 0.29) is 46.0 Å². The summed E-state index contributed by atoms with van der Waals surface area (Å²) in [7, 11) is 0. The highest BCUT2D eigenvalue weighted by atomic mass is 35.5. The van der Waals surface area contributed by atoms with Crippen molar-refractivity contribution in [3.63, 3.8) is 0 Å². The number of hydrogen-bond donors (Lipinski definition) is 1. The summed E-state index contributed by atoms with van der Waals surface area (Å²) in [5.41, 5.74) is -0.320. The van der Waals surface area contributed by atoms with Gasteiger partial charge in [0.1, 0.15) is 23.3 Å². The minimum atomic E-state index is -0.607. The number of halogens is 2. The first-order valence-electron chi connectivity index (χ1n) is 9.66. The molecular formula is C21H15ClFN5O4. The van der Waals surface area contributed by atoms with Crippen LogP contribution in [0.5, 0.6) is 17.6 Å². The third-order valence-corrected chi connectivity index (χ3v) is 5.92. The van der Waals surface area contributed by atoms with E-state index in [9.17, 15) is 9.18 Å². The van der Waals surface area contributed by atoms with E-state index in [0.717, 1.165) is 6.07 Å². The largest absolute Gasteiger partial charge is 0.484 e. The molecule has 3 aromatic rings. The van der Waals surface area contributed by atoms with Gasteiger partial charge in [0.05, 0.1) is 16.6 Å². The van der Waals surface area contributed by atoms with E-state index >= 15 is 0 Å². The van der Waals surface area contributed by atoms with E-state index < -0.39 is 5.82 Å². The average molecular weight is 456 g/mol. The van der Waals surface area contributed by atoms with Gasteiger partial charge in [0.25, 0.3) is 5.91 Å². The van der Waals surface area contributed by atoms with Gasteiger partial charge < -0.3 is 19.2 Å². The second-order valence-electron chi connectivity index (χ2n) is 7.97. The van der Waals surface area contributed by atoms with Gasteiger partial charge in [0, 0.05) is 11.6 Å². The number of amides is 1. The Hall–Kier alpha value is -3.71. The fraction of sp³-hybridized carbons (Fsp3) is 0.286. The third kappa shape index (κ3) is 3.61. The lowest BCUT2D eigenvalue weighted by Crippen LogP contribution is -2.77. The normalized spacial score (nSPS) is 22.8. The Balaban J connectivity index is 1.12. The van der Waals surface area contributed by atoms with Crippen molar-refractivity contribution in [2.75, 3.05) is 6.61 Å². The first kappa shape index (κ1) is 20.2. The molecule has 0 unspecified atom stereocenters. The van der Waals surface area contributed by atoms with Crippen LogP contribution >= 0.6 is 11.6 Å². The quantitative estimate of drug-likeness (QED) is 0.575. The molecule has 2 aromatic heterocycles.